The maximum Gasteiger partial charge on any atom is 0.238 e. The first-order valence-electron chi connectivity index (χ1n) is 13.9. The van der Waals surface area contributed by atoms with Crippen LogP contribution in [0, 0.1) is 0 Å². The number of rotatable bonds is 6. The summed E-state index contributed by atoms with van der Waals surface area (Å²) in [6, 6.07) is 10.1. The molecule has 1 aromatic carbocycles. The van der Waals surface area contributed by atoms with E-state index in [0.29, 0.717) is 49.3 Å². The number of anilines is 5. The molecule has 3 aromatic rings. The topological polar surface area (TPSA) is 113 Å². The first-order valence-corrected chi connectivity index (χ1v) is 13.9. The van der Waals surface area contributed by atoms with Crippen molar-refractivity contribution in [2.45, 2.75) is 44.2 Å². The summed E-state index contributed by atoms with van der Waals surface area (Å²) in [5, 5.41) is 3.28. The zero-order valence-corrected chi connectivity index (χ0v) is 25.4. The summed E-state index contributed by atoms with van der Waals surface area (Å²) in [6.45, 7) is 2.59. The van der Waals surface area contributed by atoms with Gasteiger partial charge in [0.15, 0.2) is 0 Å². The standard InChI is InChI=1S/C29H31N7O4.2H2S/c1-34(21-10-12-39-16-21)27-23(18-4-6-20(7-5-18)35-11-2-3-25(35)37)15-31-29(33-27)32-19-13-24-28(30-14-19)40-17-22-8-9-26(38)36(22)24;;/h4-7,13-15,21-22H,2-3,8-12,16-17H2,1H3,(H,31,32,33);2*1H2/t21-,22-;;/m0../s1. The molecule has 2 aromatic heterocycles. The van der Waals surface area contributed by atoms with Gasteiger partial charge in [0.25, 0.3) is 0 Å². The van der Waals surface area contributed by atoms with Crippen molar-refractivity contribution < 1.29 is 19.1 Å². The molecule has 3 saturated heterocycles. The Labute approximate surface area is 258 Å². The summed E-state index contributed by atoms with van der Waals surface area (Å²) >= 11 is 0. The smallest absolute Gasteiger partial charge is 0.238 e. The van der Waals surface area contributed by atoms with Gasteiger partial charge >= 0.3 is 0 Å². The molecule has 0 unspecified atom stereocenters. The van der Waals surface area contributed by atoms with E-state index in [0.717, 1.165) is 55.0 Å². The van der Waals surface area contributed by atoms with Gasteiger partial charge in [-0.15, -0.1) is 0 Å². The van der Waals surface area contributed by atoms with E-state index in [-0.39, 0.29) is 50.9 Å². The number of amides is 2. The highest BCUT2D eigenvalue weighted by molar-refractivity contribution is 7.59. The van der Waals surface area contributed by atoms with Crippen molar-refractivity contribution in [1.29, 1.82) is 0 Å². The van der Waals surface area contributed by atoms with Crippen LogP contribution in [0.5, 0.6) is 5.88 Å². The van der Waals surface area contributed by atoms with Gasteiger partial charge in [-0.1, -0.05) is 12.1 Å². The number of likely N-dealkylation sites (N-methyl/N-ethyl adjacent to an activating group) is 1. The number of pyridine rings is 1. The molecule has 42 heavy (non-hydrogen) atoms. The Bertz CT molecular complexity index is 1470. The van der Waals surface area contributed by atoms with Crippen LogP contribution in [0.1, 0.15) is 32.1 Å². The number of hydrogen-bond acceptors (Lipinski definition) is 9. The normalized spacial score (nSPS) is 20.8. The summed E-state index contributed by atoms with van der Waals surface area (Å²) < 4.78 is 11.5. The molecule has 4 aliphatic heterocycles. The second kappa shape index (κ2) is 12.4. The number of carbonyl (C=O) groups is 2. The maximum absolute atomic E-state index is 12.5. The molecule has 2 atom stereocenters. The Kier molecular flexibility index (Phi) is 8.81. The second-order valence-corrected chi connectivity index (χ2v) is 10.7. The zero-order valence-electron chi connectivity index (χ0n) is 23.4. The van der Waals surface area contributed by atoms with Crippen LogP contribution in [-0.2, 0) is 14.3 Å². The molecule has 222 valence electrons. The summed E-state index contributed by atoms with van der Waals surface area (Å²) in [7, 11) is 2.03. The minimum atomic E-state index is 0. The number of nitrogens with zero attached hydrogens (tertiary/aromatic N) is 6. The van der Waals surface area contributed by atoms with Crippen LogP contribution in [-0.4, -0.2) is 72.3 Å². The van der Waals surface area contributed by atoms with Crippen LogP contribution < -0.4 is 24.8 Å². The van der Waals surface area contributed by atoms with Gasteiger partial charge in [-0.3, -0.25) is 9.59 Å². The van der Waals surface area contributed by atoms with Crippen LogP contribution in [0.4, 0.5) is 28.8 Å². The molecule has 2 amide bonds. The van der Waals surface area contributed by atoms with Crippen molar-refractivity contribution in [3.05, 3.63) is 42.7 Å². The zero-order chi connectivity index (χ0) is 27.2. The fraction of sp³-hybridized carbons (Fsp3) is 0.414. The average molecular weight is 610 g/mol. The highest BCUT2D eigenvalue weighted by Gasteiger charge is 2.38. The molecule has 4 aliphatic rings. The number of carbonyl (C=O) groups excluding carboxylic acids is 2. The molecule has 0 radical (unpaired) electrons. The van der Waals surface area contributed by atoms with E-state index in [2.05, 4.69) is 20.2 Å². The third-order valence-electron chi connectivity index (χ3n) is 8.21. The molecule has 7 rings (SSSR count). The van der Waals surface area contributed by atoms with E-state index in [9.17, 15) is 9.59 Å². The van der Waals surface area contributed by atoms with Gasteiger partial charge in [0.1, 0.15) is 18.1 Å². The number of fused-ring (bicyclic) bond motifs is 3. The van der Waals surface area contributed by atoms with E-state index < -0.39 is 0 Å². The molecule has 6 heterocycles. The fourth-order valence-electron chi connectivity index (χ4n) is 5.98. The SMILES string of the molecule is CN(c1nc(Nc2cnc3c(c2)N2C(=O)CC[C@H]2CO3)ncc1-c1ccc(N2CCCC2=O)cc1)[C@H]1CCOC1.S.S. The van der Waals surface area contributed by atoms with Crippen molar-refractivity contribution in [3.63, 3.8) is 0 Å². The number of ether oxygens (including phenoxy) is 2. The van der Waals surface area contributed by atoms with E-state index in [1.54, 1.807) is 11.1 Å². The Balaban J connectivity index is 0.00000176. The van der Waals surface area contributed by atoms with Gasteiger partial charge in [-0.2, -0.15) is 32.0 Å². The van der Waals surface area contributed by atoms with Gasteiger partial charge in [0.05, 0.1) is 30.6 Å². The molecule has 3 fully saturated rings. The third kappa shape index (κ3) is 5.48. The molecule has 0 bridgehead atoms. The number of benzene rings is 1. The maximum atomic E-state index is 12.5. The van der Waals surface area contributed by atoms with E-state index >= 15 is 0 Å². The molecule has 0 aliphatic carbocycles. The quantitative estimate of drug-likeness (QED) is 0.447. The van der Waals surface area contributed by atoms with Crippen molar-refractivity contribution in [2.75, 3.05) is 53.4 Å². The predicted octanol–water partition coefficient (Wildman–Crippen LogP) is 3.75. The molecule has 1 N–H and O–H groups in total. The van der Waals surface area contributed by atoms with Crippen LogP contribution >= 0.6 is 27.0 Å². The highest BCUT2D eigenvalue weighted by Crippen LogP contribution is 2.39. The molecule has 11 nitrogen and oxygen atoms in total. The number of nitrogens with one attached hydrogen (secondary N) is 1. The van der Waals surface area contributed by atoms with Crippen molar-refractivity contribution in [2.24, 2.45) is 0 Å². The summed E-state index contributed by atoms with van der Waals surface area (Å²) in [4.78, 5) is 44.6. The monoisotopic (exact) mass is 609 g/mol. The second-order valence-electron chi connectivity index (χ2n) is 10.7. The van der Waals surface area contributed by atoms with Crippen LogP contribution in [0.25, 0.3) is 11.1 Å². The molecule has 0 saturated carbocycles. The van der Waals surface area contributed by atoms with Crippen LogP contribution in [0.3, 0.4) is 0 Å². The number of hydrogen-bond donors (Lipinski definition) is 1. The van der Waals surface area contributed by atoms with Gasteiger partial charge in [0.2, 0.25) is 23.6 Å². The van der Waals surface area contributed by atoms with Gasteiger partial charge < -0.3 is 29.5 Å². The van der Waals surface area contributed by atoms with E-state index in [1.165, 1.54) is 0 Å². The Morgan fingerprint density at radius 1 is 1.00 bits per heavy atom. The average Bonchev–Trinajstić information content (AvgIpc) is 3.75. The molecule has 0 spiro atoms. The highest BCUT2D eigenvalue weighted by atomic mass is 32.1. The van der Waals surface area contributed by atoms with E-state index in [1.807, 2.05) is 48.5 Å². The molecular formula is C29H35N7O4S2. The van der Waals surface area contributed by atoms with Crippen molar-refractivity contribution in [3.8, 4) is 17.0 Å². The molecular weight excluding hydrogens is 574 g/mol. The van der Waals surface area contributed by atoms with Crippen LogP contribution in [0.2, 0.25) is 0 Å². The minimum absolute atomic E-state index is 0. The lowest BCUT2D eigenvalue weighted by Gasteiger charge is -2.31. The molecule has 13 heteroatoms. The first-order chi connectivity index (χ1) is 19.5. The predicted molar refractivity (Wildman–Crippen MR) is 171 cm³/mol. The Morgan fingerprint density at radius 2 is 1.83 bits per heavy atom. The lowest BCUT2D eigenvalue weighted by molar-refractivity contribution is -0.118. The largest absolute Gasteiger partial charge is 0.474 e. The van der Waals surface area contributed by atoms with Crippen molar-refractivity contribution in [1.82, 2.24) is 15.0 Å². The summed E-state index contributed by atoms with van der Waals surface area (Å²) in [6.07, 6.45) is 7.21. The first kappa shape index (κ1) is 29.9. The Morgan fingerprint density at radius 3 is 2.57 bits per heavy atom. The van der Waals surface area contributed by atoms with Gasteiger partial charge in [-0.05, 0) is 43.0 Å². The lowest BCUT2D eigenvalue weighted by Crippen LogP contribution is -2.40. The third-order valence-corrected chi connectivity index (χ3v) is 8.21. The van der Waals surface area contributed by atoms with Gasteiger partial charge in [0, 0.05) is 50.5 Å². The Hall–Kier alpha value is -3.55. The van der Waals surface area contributed by atoms with Crippen molar-refractivity contribution >= 4 is 67.6 Å². The number of aromatic nitrogens is 3. The fourth-order valence-corrected chi connectivity index (χ4v) is 5.98. The lowest BCUT2D eigenvalue weighted by atomic mass is 10.1. The van der Waals surface area contributed by atoms with E-state index in [4.69, 9.17) is 14.5 Å². The summed E-state index contributed by atoms with van der Waals surface area (Å²) in [5.41, 5.74) is 4.12. The van der Waals surface area contributed by atoms with Gasteiger partial charge in [-0.25, -0.2) is 9.97 Å². The summed E-state index contributed by atoms with van der Waals surface area (Å²) in [5.74, 6) is 1.93. The van der Waals surface area contributed by atoms with Crippen LogP contribution in [0.15, 0.2) is 42.7 Å². The minimum Gasteiger partial charge on any atom is -0.474 e.